The number of phenols is 1. The van der Waals surface area contributed by atoms with Gasteiger partial charge in [-0.3, -0.25) is 0 Å². The molecule has 0 radical (unpaired) electrons. The number of aryl methyl sites for hydroxylation is 2. The van der Waals surface area contributed by atoms with Gasteiger partial charge in [-0.1, -0.05) is 23.2 Å². The Bertz CT molecular complexity index is 359. The molecule has 0 amide bonds. The van der Waals surface area contributed by atoms with E-state index in [4.69, 9.17) is 27.9 Å². The summed E-state index contributed by atoms with van der Waals surface area (Å²) in [5, 5.41) is 9.53. The summed E-state index contributed by atoms with van der Waals surface area (Å²) >= 11 is 10.9. The Morgan fingerprint density at radius 1 is 1.33 bits per heavy atom. The van der Waals surface area contributed by atoms with Gasteiger partial charge in [-0.15, -0.1) is 0 Å². The van der Waals surface area contributed by atoms with Crippen LogP contribution in [-0.4, -0.2) is 11.7 Å². The van der Waals surface area contributed by atoms with E-state index in [-0.39, 0.29) is 4.49 Å². The summed E-state index contributed by atoms with van der Waals surface area (Å²) < 4.78 is 5.56. The Morgan fingerprint density at radius 3 is 2.33 bits per heavy atom. The first-order valence-corrected chi connectivity index (χ1v) is 5.20. The summed E-state index contributed by atoms with van der Waals surface area (Å²) in [5.74, 6) is 0.988. The monoisotopic (exact) mass is 246 g/mol. The van der Waals surface area contributed by atoms with Crippen LogP contribution in [-0.2, 0) is 0 Å². The van der Waals surface area contributed by atoms with Crippen molar-refractivity contribution in [2.24, 2.45) is 0 Å². The van der Waals surface area contributed by atoms with Crippen molar-refractivity contribution in [3.05, 3.63) is 33.8 Å². The van der Waals surface area contributed by atoms with Crippen LogP contribution in [0.1, 0.15) is 11.1 Å². The molecule has 0 aliphatic heterocycles. The fourth-order valence-electron chi connectivity index (χ4n) is 1.20. The summed E-state index contributed by atoms with van der Waals surface area (Å²) in [6.45, 7) is 3.95. The number of hydrogen-bond donors (Lipinski definition) is 1. The molecule has 0 spiro atoms. The van der Waals surface area contributed by atoms with Crippen molar-refractivity contribution in [3.63, 3.8) is 0 Å². The van der Waals surface area contributed by atoms with E-state index < -0.39 is 0 Å². The zero-order valence-corrected chi connectivity index (χ0v) is 10.1. The van der Waals surface area contributed by atoms with E-state index in [0.717, 1.165) is 11.1 Å². The summed E-state index contributed by atoms with van der Waals surface area (Å²) in [6, 6.07) is 3.52. The van der Waals surface area contributed by atoms with Crippen LogP contribution in [0, 0.1) is 13.8 Å². The Labute approximate surface area is 99.1 Å². The molecule has 2 nitrogen and oxygen atoms in total. The largest absolute Gasteiger partial charge is 0.507 e. The van der Waals surface area contributed by atoms with E-state index in [2.05, 4.69) is 0 Å². The number of hydrogen-bond acceptors (Lipinski definition) is 2. The number of rotatable bonds is 3. The zero-order chi connectivity index (χ0) is 11.4. The minimum atomic E-state index is 0.183. The van der Waals surface area contributed by atoms with Crippen LogP contribution in [0.15, 0.2) is 22.7 Å². The fourth-order valence-corrected chi connectivity index (χ4v) is 1.33. The molecule has 0 aromatic heterocycles. The Hall–Kier alpha value is -0.860. The van der Waals surface area contributed by atoms with E-state index in [1.807, 2.05) is 13.8 Å². The van der Waals surface area contributed by atoms with Gasteiger partial charge in [-0.25, -0.2) is 0 Å². The van der Waals surface area contributed by atoms with Crippen LogP contribution in [0.3, 0.4) is 0 Å². The molecule has 0 unspecified atom stereocenters. The molecule has 1 N–H and O–H groups in total. The number of halogens is 2. The first-order valence-electron chi connectivity index (χ1n) is 4.45. The third kappa shape index (κ3) is 3.65. The molecule has 0 saturated carbocycles. The summed E-state index contributed by atoms with van der Waals surface area (Å²) in [5.41, 5.74) is 1.57. The van der Waals surface area contributed by atoms with Crippen LogP contribution < -0.4 is 4.74 Å². The number of ether oxygens (including phenoxy) is 1. The second kappa shape index (κ2) is 5.29. The van der Waals surface area contributed by atoms with Crippen molar-refractivity contribution < 1.29 is 9.84 Å². The normalized spacial score (nSPS) is 9.87. The van der Waals surface area contributed by atoms with Crippen molar-refractivity contribution in [1.82, 2.24) is 0 Å². The molecule has 4 heteroatoms. The molecule has 1 aromatic carbocycles. The van der Waals surface area contributed by atoms with Gasteiger partial charge in [0.25, 0.3) is 0 Å². The van der Waals surface area contributed by atoms with Crippen molar-refractivity contribution >= 4 is 23.2 Å². The summed E-state index contributed by atoms with van der Waals surface area (Å²) in [4.78, 5) is 0. The Kier molecular flexibility index (Phi) is 4.30. The van der Waals surface area contributed by atoms with Gasteiger partial charge in [0.15, 0.2) is 0 Å². The van der Waals surface area contributed by atoms with Crippen LogP contribution in [0.25, 0.3) is 0 Å². The second-order valence-corrected chi connectivity index (χ2v) is 4.22. The topological polar surface area (TPSA) is 29.5 Å². The average molecular weight is 247 g/mol. The van der Waals surface area contributed by atoms with E-state index in [9.17, 15) is 5.11 Å². The van der Waals surface area contributed by atoms with Gasteiger partial charge >= 0.3 is 0 Å². The summed E-state index contributed by atoms with van der Waals surface area (Å²) in [7, 11) is 0. The number of phenolic OH excluding ortho intramolecular Hbond substituents is 1. The Balaban J connectivity index is 2.75. The standard InChI is InChI=1S/C11H12Cl2O2/c1-7-5-9(6-8(2)11(7)14)15-4-3-10(12)13/h3,5-6,14H,4H2,1-2H3. The van der Waals surface area contributed by atoms with Crippen LogP contribution >= 0.6 is 23.2 Å². The Morgan fingerprint density at radius 2 is 1.87 bits per heavy atom. The lowest BCUT2D eigenvalue weighted by molar-refractivity contribution is 0.361. The first kappa shape index (κ1) is 12.2. The molecule has 1 rings (SSSR count). The quantitative estimate of drug-likeness (QED) is 0.882. The van der Waals surface area contributed by atoms with Gasteiger partial charge < -0.3 is 9.84 Å². The molecule has 0 aliphatic carbocycles. The minimum Gasteiger partial charge on any atom is -0.507 e. The lowest BCUT2D eigenvalue weighted by Gasteiger charge is -2.08. The minimum absolute atomic E-state index is 0.183. The molecule has 0 aliphatic rings. The van der Waals surface area contributed by atoms with Gasteiger partial charge in [0.1, 0.15) is 22.6 Å². The highest BCUT2D eigenvalue weighted by Gasteiger charge is 2.03. The second-order valence-electron chi connectivity index (χ2n) is 3.21. The van der Waals surface area contributed by atoms with Gasteiger partial charge in [-0.05, 0) is 43.2 Å². The molecule has 0 saturated heterocycles. The van der Waals surface area contributed by atoms with Gasteiger partial charge in [-0.2, -0.15) is 0 Å². The number of aromatic hydroxyl groups is 1. The first-order chi connectivity index (χ1) is 7.00. The maximum atomic E-state index is 9.53. The van der Waals surface area contributed by atoms with Crippen LogP contribution in [0.2, 0.25) is 0 Å². The van der Waals surface area contributed by atoms with Crippen molar-refractivity contribution in [2.75, 3.05) is 6.61 Å². The van der Waals surface area contributed by atoms with E-state index >= 15 is 0 Å². The third-order valence-corrected chi connectivity index (χ3v) is 2.26. The van der Waals surface area contributed by atoms with Crippen molar-refractivity contribution in [3.8, 4) is 11.5 Å². The van der Waals surface area contributed by atoms with Gasteiger partial charge in [0, 0.05) is 0 Å². The molecular weight excluding hydrogens is 235 g/mol. The molecule has 0 atom stereocenters. The fraction of sp³-hybridized carbons (Fsp3) is 0.273. The molecule has 1 aromatic rings. The third-order valence-electron chi connectivity index (χ3n) is 1.95. The highest BCUT2D eigenvalue weighted by Crippen LogP contribution is 2.26. The van der Waals surface area contributed by atoms with Gasteiger partial charge in [0.2, 0.25) is 0 Å². The van der Waals surface area contributed by atoms with Gasteiger partial charge in [0.05, 0.1) is 0 Å². The smallest absolute Gasteiger partial charge is 0.121 e. The highest BCUT2D eigenvalue weighted by atomic mass is 35.5. The number of benzene rings is 1. The highest BCUT2D eigenvalue weighted by molar-refractivity contribution is 6.55. The SMILES string of the molecule is Cc1cc(OCC=C(Cl)Cl)cc(C)c1O. The molecular formula is C11H12Cl2O2. The predicted molar refractivity (Wildman–Crippen MR) is 62.9 cm³/mol. The van der Waals surface area contributed by atoms with E-state index in [0.29, 0.717) is 18.1 Å². The lowest BCUT2D eigenvalue weighted by Crippen LogP contribution is -1.94. The van der Waals surface area contributed by atoms with Crippen molar-refractivity contribution in [2.45, 2.75) is 13.8 Å². The average Bonchev–Trinajstić information content (AvgIpc) is 2.13. The molecule has 15 heavy (non-hydrogen) atoms. The van der Waals surface area contributed by atoms with E-state index in [1.165, 1.54) is 0 Å². The zero-order valence-electron chi connectivity index (χ0n) is 8.55. The lowest BCUT2D eigenvalue weighted by atomic mass is 10.1. The summed E-state index contributed by atoms with van der Waals surface area (Å²) in [6.07, 6.45) is 1.56. The molecule has 0 fully saturated rings. The van der Waals surface area contributed by atoms with E-state index in [1.54, 1.807) is 18.2 Å². The maximum Gasteiger partial charge on any atom is 0.121 e. The molecule has 82 valence electrons. The van der Waals surface area contributed by atoms with Crippen LogP contribution in [0.5, 0.6) is 11.5 Å². The predicted octanol–water partition coefficient (Wildman–Crippen LogP) is 3.71. The maximum absolute atomic E-state index is 9.53. The van der Waals surface area contributed by atoms with Crippen molar-refractivity contribution in [1.29, 1.82) is 0 Å². The molecule has 0 heterocycles. The molecule has 0 bridgehead atoms. The van der Waals surface area contributed by atoms with Crippen LogP contribution in [0.4, 0.5) is 0 Å².